The van der Waals surface area contributed by atoms with E-state index in [1.165, 1.54) is 25.7 Å². The van der Waals surface area contributed by atoms with Gasteiger partial charge in [0, 0.05) is 28.8 Å². The molecule has 0 radical (unpaired) electrons. The summed E-state index contributed by atoms with van der Waals surface area (Å²) < 4.78 is 1.03. The fourth-order valence-corrected chi connectivity index (χ4v) is 3.04. The minimum Gasteiger partial charge on any atom is -0.327 e. The van der Waals surface area contributed by atoms with E-state index in [1.54, 1.807) is 0 Å². The number of aromatic nitrogens is 1. The lowest BCUT2D eigenvalue weighted by atomic mass is 9.93. The summed E-state index contributed by atoms with van der Waals surface area (Å²) in [5.41, 5.74) is 7.43. The summed E-state index contributed by atoms with van der Waals surface area (Å²) in [7, 11) is 0. The molecule has 0 saturated heterocycles. The highest BCUT2D eigenvalue weighted by atomic mass is 79.9. The lowest BCUT2D eigenvalue weighted by molar-refractivity contribution is 0.403. The zero-order valence-corrected chi connectivity index (χ0v) is 12.0. The molecule has 17 heavy (non-hydrogen) atoms. The van der Waals surface area contributed by atoms with E-state index in [9.17, 15) is 0 Å². The van der Waals surface area contributed by atoms with Crippen molar-refractivity contribution in [2.45, 2.75) is 45.1 Å². The van der Waals surface area contributed by atoms with E-state index in [-0.39, 0.29) is 6.04 Å². The van der Waals surface area contributed by atoms with Crippen LogP contribution in [0.5, 0.6) is 0 Å². The van der Waals surface area contributed by atoms with Gasteiger partial charge in [0.25, 0.3) is 0 Å². The molecule has 3 unspecified atom stereocenters. The van der Waals surface area contributed by atoms with Crippen molar-refractivity contribution in [2.75, 3.05) is 0 Å². The molecule has 2 nitrogen and oxygen atoms in total. The Bertz CT molecular complexity index is 350. The van der Waals surface area contributed by atoms with Crippen molar-refractivity contribution in [3.63, 3.8) is 0 Å². The van der Waals surface area contributed by atoms with Crippen molar-refractivity contribution in [2.24, 2.45) is 17.6 Å². The van der Waals surface area contributed by atoms with Crippen molar-refractivity contribution in [3.8, 4) is 0 Å². The van der Waals surface area contributed by atoms with Gasteiger partial charge < -0.3 is 5.73 Å². The fourth-order valence-electron chi connectivity index (χ4n) is 2.81. The van der Waals surface area contributed by atoms with E-state index in [1.807, 2.05) is 12.3 Å². The molecule has 94 valence electrons. The first-order chi connectivity index (χ1) is 8.19. The Balaban J connectivity index is 1.89. The average Bonchev–Trinajstić information content (AvgIpc) is 2.81. The smallest absolute Gasteiger partial charge is 0.0420 e. The van der Waals surface area contributed by atoms with Gasteiger partial charge in [0.15, 0.2) is 0 Å². The van der Waals surface area contributed by atoms with Crippen molar-refractivity contribution >= 4 is 15.9 Å². The van der Waals surface area contributed by atoms with Crippen LogP contribution >= 0.6 is 15.9 Å². The Kier molecular flexibility index (Phi) is 4.57. The maximum atomic E-state index is 6.31. The van der Waals surface area contributed by atoms with Crippen LogP contribution in [0.15, 0.2) is 22.8 Å². The molecule has 2 N–H and O–H groups in total. The van der Waals surface area contributed by atoms with Gasteiger partial charge in [-0.25, -0.2) is 0 Å². The maximum Gasteiger partial charge on any atom is 0.0420 e. The van der Waals surface area contributed by atoms with Gasteiger partial charge in [-0.3, -0.25) is 4.98 Å². The van der Waals surface area contributed by atoms with E-state index in [2.05, 4.69) is 33.9 Å². The topological polar surface area (TPSA) is 38.9 Å². The minimum absolute atomic E-state index is 0.278. The maximum absolute atomic E-state index is 6.31. The van der Waals surface area contributed by atoms with Crippen LogP contribution in [0.4, 0.5) is 0 Å². The molecule has 1 aromatic rings. The van der Waals surface area contributed by atoms with Crippen LogP contribution in [-0.4, -0.2) is 11.0 Å². The molecule has 1 aliphatic carbocycles. The number of nitrogens with two attached hydrogens (primary N) is 1. The standard InChI is InChI=1S/C14H21BrN2/c1-2-10-3-4-11(7-10)14(16)8-13-6-5-12(15)9-17-13/h5-6,9-11,14H,2-4,7-8,16H2,1H3. The third-order valence-electron chi connectivity index (χ3n) is 4.00. The van der Waals surface area contributed by atoms with Crippen molar-refractivity contribution in [3.05, 3.63) is 28.5 Å². The molecule has 0 spiro atoms. The Morgan fingerprint density at radius 1 is 1.47 bits per heavy atom. The predicted molar refractivity (Wildman–Crippen MR) is 74.7 cm³/mol. The first-order valence-corrected chi connectivity index (χ1v) is 7.34. The molecule has 1 heterocycles. The van der Waals surface area contributed by atoms with Crippen molar-refractivity contribution in [1.82, 2.24) is 4.98 Å². The van der Waals surface area contributed by atoms with Crippen LogP contribution in [0.1, 0.15) is 38.3 Å². The van der Waals surface area contributed by atoms with Gasteiger partial charge in [0.1, 0.15) is 0 Å². The fraction of sp³-hybridized carbons (Fsp3) is 0.643. The SMILES string of the molecule is CCC1CCC(C(N)Cc2ccc(Br)cn2)C1. The molecule has 3 heteroatoms. The largest absolute Gasteiger partial charge is 0.327 e. The summed E-state index contributed by atoms with van der Waals surface area (Å²) in [5, 5.41) is 0. The van der Waals surface area contributed by atoms with Gasteiger partial charge >= 0.3 is 0 Å². The summed E-state index contributed by atoms with van der Waals surface area (Å²) >= 11 is 3.40. The molecule has 1 aromatic heterocycles. The van der Waals surface area contributed by atoms with Gasteiger partial charge in [0.2, 0.25) is 0 Å². The first-order valence-electron chi connectivity index (χ1n) is 6.55. The van der Waals surface area contributed by atoms with E-state index >= 15 is 0 Å². The highest BCUT2D eigenvalue weighted by Gasteiger charge is 2.28. The molecule has 1 aliphatic rings. The average molecular weight is 297 g/mol. The van der Waals surface area contributed by atoms with Crippen LogP contribution in [0.3, 0.4) is 0 Å². The molecule has 0 bridgehead atoms. The number of hydrogen-bond donors (Lipinski definition) is 1. The number of pyridine rings is 1. The number of halogens is 1. The van der Waals surface area contributed by atoms with Crippen LogP contribution in [-0.2, 0) is 6.42 Å². The lowest BCUT2D eigenvalue weighted by Crippen LogP contribution is -2.31. The van der Waals surface area contributed by atoms with Crippen LogP contribution < -0.4 is 5.73 Å². The Morgan fingerprint density at radius 2 is 2.29 bits per heavy atom. The first kappa shape index (κ1) is 13.0. The minimum atomic E-state index is 0.278. The molecular weight excluding hydrogens is 276 g/mol. The predicted octanol–water partition coefficient (Wildman–Crippen LogP) is 3.54. The van der Waals surface area contributed by atoms with Crippen LogP contribution in [0.2, 0.25) is 0 Å². The highest BCUT2D eigenvalue weighted by Crippen LogP contribution is 2.34. The molecule has 0 amide bonds. The zero-order valence-electron chi connectivity index (χ0n) is 10.4. The monoisotopic (exact) mass is 296 g/mol. The number of nitrogens with zero attached hydrogens (tertiary/aromatic N) is 1. The summed E-state index contributed by atoms with van der Waals surface area (Å²) in [5.74, 6) is 1.61. The van der Waals surface area contributed by atoms with E-state index in [0.29, 0.717) is 5.92 Å². The second-order valence-electron chi connectivity index (χ2n) is 5.18. The van der Waals surface area contributed by atoms with Crippen LogP contribution in [0, 0.1) is 11.8 Å². The summed E-state index contributed by atoms with van der Waals surface area (Å²) in [4.78, 5) is 4.40. The molecule has 1 saturated carbocycles. The molecule has 3 atom stereocenters. The lowest BCUT2D eigenvalue weighted by Gasteiger charge is -2.19. The summed E-state index contributed by atoms with van der Waals surface area (Å²) in [6.07, 6.45) is 8.05. The quantitative estimate of drug-likeness (QED) is 0.923. The summed E-state index contributed by atoms with van der Waals surface area (Å²) in [6, 6.07) is 4.38. The van der Waals surface area contributed by atoms with E-state index < -0.39 is 0 Å². The second-order valence-corrected chi connectivity index (χ2v) is 6.10. The Morgan fingerprint density at radius 3 is 2.88 bits per heavy atom. The van der Waals surface area contributed by atoms with Gasteiger partial charge in [-0.05, 0) is 52.7 Å². The second kappa shape index (κ2) is 5.96. The highest BCUT2D eigenvalue weighted by molar-refractivity contribution is 9.10. The number of rotatable bonds is 4. The molecular formula is C14H21BrN2. The van der Waals surface area contributed by atoms with Crippen LogP contribution in [0.25, 0.3) is 0 Å². The Hall–Kier alpha value is -0.410. The number of hydrogen-bond acceptors (Lipinski definition) is 2. The van der Waals surface area contributed by atoms with Gasteiger partial charge in [-0.1, -0.05) is 19.8 Å². The van der Waals surface area contributed by atoms with Gasteiger partial charge in [0.05, 0.1) is 0 Å². The summed E-state index contributed by atoms with van der Waals surface area (Å²) in [6.45, 7) is 2.29. The third kappa shape index (κ3) is 3.52. The van der Waals surface area contributed by atoms with Crippen molar-refractivity contribution in [1.29, 1.82) is 0 Å². The molecule has 0 aromatic carbocycles. The van der Waals surface area contributed by atoms with Gasteiger partial charge in [-0.2, -0.15) is 0 Å². The normalized spacial score (nSPS) is 26.1. The van der Waals surface area contributed by atoms with E-state index in [0.717, 1.165) is 22.5 Å². The zero-order chi connectivity index (χ0) is 12.3. The molecule has 0 aliphatic heterocycles. The van der Waals surface area contributed by atoms with Gasteiger partial charge in [-0.15, -0.1) is 0 Å². The van der Waals surface area contributed by atoms with Crippen molar-refractivity contribution < 1.29 is 0 Å². The molecule has 2 rings (SSSR count). The van der Waals surface area contributed by atoms with E-state index in [4.69, 9.17) is 5.73 Å². The Labute approximate surface area is 112 Å². The third-order valence-corrected chi connectivity index (χ3v) is 4.47. The molecule has 1 fully saturated rings.